The van der Waals surface area contributed by atoms with E-state index in [-0.39, 0.29) is 5.78 Å². The number of hydrogen-bond acceptors (Lipinski definition) is 3. The Hall–Kier alpha value is -3.21. The van der Waals surface area contributed by atoms with Crippen LogP contribution in [0.4, 0.5) is 0 Å². The second-order valence-corrected chi connectivity index (χ2v) is 8.25. The van der Waals surface area contributed by atoms with Gasteiger partial charge in [-0.15, -0.1) is 0 Å². The largest absolute Gasteiger partial charge is 0.331 e. The highest BCUT2D eigenvalue weighted by Crippen LogP contribution is 2.18. The summed E-state index contributed by atoms with van der Waals surface area (Å²) >= 11 is 0. The monoisotopic (exact) mass is 402 g/mol. The number of allylic oxidation sites excluding steroid dienone is 4. The molecule has 30 heavy (non-hydrogen) atoms. The minimum atomic E-state index is -0.0756. The lowest BCUT2D eigenvalue weighted by Crippen LogP contribution is -2.06. The molecule has 0 N–H and O–H groups in total. The van der Waals surface area contributed by atoms with Gasteiger partial charge in [0.25, 0.3) is 0 Å². The standard InChI is InChI=1S/C25H30N4O/c1-19(2)17-28-16-15-26-24(28)12-8-5-9-21(30)13-14-25-27-22-10-6-7-11-23(22)29(25)18-20(3)4/h5-16,19-20H,17-18H2,1-4H3/b9-5+,12-8+,14-13+. The molecule has 0 bridgehead atoms. The highest BCUT2D eigenvalue weighted by molar-refractivity contribution is 6.02. The van der Waals surface area contributed by atoms with Crippen LogP contribution in [0.1, 0.15) is 39.3 Å². The van der Waals surface area contributed by atoms with Crippen molar-refractivity contribution in [3.63, 3.8) is 0 Å². The quantitative estimate of drug-likeness (QED) is 0.356. The molecule has 0 saturated carbocycles. The predicted octanol–water partition coefficient (Wildman–Crippen LogP) is 5.40. The number of fused-ring (bicyclic) bond motifs is 1. The molecule has 2 aromatic heterocycles. The van der Waals surface area contributed by atoms with E-state index in [1.54, 1.807) is 30.5 Å². The molecule has 156 valence electrons. The summed E-state index contributed by atoms with van der Waals surface area (Å²) < 4.78 is 4.28. The molecule has 3 rings (SSSR count). The summed E-state index contributed by atoms with van der Waals surface area (Å²) in [6.07, 6.45) is 14.2. The van der Waals surface area contributed by atoms with Crippen molar-refractivity contribution >= 4 is 29.0 Å². The Labute approximate surface area is 178 Å². The average molecular weight is 403 g/mol. The van der Waals surface area contributed by atoms with E-state index in [1.807, 2.05) is 36.5 Å². The Kier molecular flexibility index (Phi) is 7.17. The van der Waals surface area contributed by atoms with E-state index in [4.69, 9.17) is 0 Å². The predicted molar refractivity (Wildman–Crippen MR) is 124 cm³/mol. The van der Waals surface area contributed by atoms with Gasteiger partial charge < -0.3 is 9.13 Å². The van der Waals surface area contributed by atoms with Gasteiger partial charge in [0.2, 0.25) is 0 Å². The van der Waals surface area contributed by atoms with Crippen molar-refractivity contribution in [1.82, 2.24) is 19.1 Å². The van der Waals surface area contributed by atoms with Gasteiger partial charge in [-0.3, -0.25) is 4.79 Å². The van der Waals surface area contributed by atoms with E-state index in [1.165, 1.54) is 0 Å². The Balaban J connectivity index is 1.68. The van der Waals surface area contributed by atoms with E-state index in [0.717, 1.165) is 35.8 Å². The molecule has 0 unspecified atom stereocenters. The summed E-state index contributed by atoms with van der Waals surface area (Å²) in [6, 6.07) is 8.06. The lowest BCUT2D eigenvalue weighted by atomic mass is 10.2. The highest BCUT2D eigenvalue weighted by Gasteiger charge is 2.09. The number of imidazole rings is 2. The maximum absolute atomic E-state index is 12.3. The molecule has 5 nitrogen and oxygen atoms in total. The molecule has 1 aromatic carbocycles. The number of carbonyl (C=O) groups excluding carboxylic acids is 1. The van der Waals surface area contributed by atoms with Crippen molar-refractivity contribution in [3.05, 3.63) is 72.6 Å². The van der Waals surface area contributed by atoms with Crippen LogP contribution in [0.3, 0.4) is 0 Å². The van der Waals surface area contributed by atoms with Crippen LogP contribution in [0.2, 0.25) is 0 Å². The Morgan fingerprint density at radius 3 is 2.50 bits per heavy atom. The fourth-order valence-corrected chi connectivity index (χ4v) is 3.31. The summed E-state index contributed by atoms with van der Waals surface area (Å²) in [4.78, 5) is 21.3. The zero-order chi connectivity index (χ0) is 21.5. The van der Waals surface area contributed by atoms with Crippen LogP contribution < -0.4 is 0 Å². The maximum Gasteiger partial charge on any atom is 0.178 e. The summed E-state index contributed by atoms with van der Waals surface area (Å²) in [5, 5.41) is 0. The summed E-state index contributed by atoms with van der Waals surface area (Å²) in [7, 11) is 0. The third kappa shape index (κ3) is 5.66. The SMILES string of the molecule is CC(C)Cn1ccnc1/C=C/C=C/C(=O)/C=C/c1nc2ccccc2n1CC(C)C. The molecule has 0 atom stereocenters. The van der Waals surface area contributed by atoms with Crippen LogP contribution in [-0.2, 0) is 17.9 Å². The van der Waals surface area contributed by atoms with Crippen LogP contribution in [0.5, 0.6) is 0 Å². The molecule has 0 fully saturated rings. The number of aromatic nitrogens is 4. The average Bonchev–Trinajstić information content (AvgIpc) is 3.27. The first kappa shape index (κ1) is 21.5. The number of para-hydroxylation sites is 2. The molecule has 0 radical (unpaired) electrons. The van der Waals surface area contributed by atoms with E-state index < -0.39 is 0 Å². The Morgan fingerprint density at radius 2 is 1.73 bits per heavy atom. The number of carbonyl (C=O) groups is 1. The molecule has 2 heterocycles. The molecular formula is C25H30N4O. The molecule has 0 amide bonds. The third-order valence-corrected chi connectivity index (χ3v) is 4.55. The van der Waals surface area contributed by atoms with Gasteiger partial charge in [-0.05, 0) is 48.3 Å². The molecule has 5 heteroatoms. The first-order valence-corrected chi connectivity index (χ1v) is 10.5. The van der Waals surface area contributed by atoms with Gasteiger partial charge in [0.1, 0.15) is 11.6 Å². The zero-order valence-corrected chi connectivity index (χ0v) is 18.2. The molecular weight excluding hydrogens is 372 g/mol. The summed E-state index contributed by atoms with van der Waals surface area (Å²) in [6.45, 7) is 10.5. The lowest BCUT2D eigenvalue weighted by molar-refractivity contribution is -0.110. The first-order valence-electron chi connectivity index (χ1n) is 10.5. The number of benzene rings is 1. The van der Waals surface area contributed by atoms with Crippen molar-refractivity contribution < 1.29 is 4.79 Å². The van der Waals surface area contributed by atoms with E-state index in [0.29, 0.717) is 11.8 Å². The van der Waals surface area contributed by atoms with Gasteiger partial charge in [0.15, 0.2) is 5.78 Å². The van der Waals surface area contributed by atoms with E-state index in [2.05, 4.69) is 52.9 Å². The Bertz CT molecular complexity index is 1080. The second-order valence-electron chi connectivity index (χ2n) is 8.25. The van der Waals surface area contributed by atoms with Crippen molar-refractivity contribution in [2.45, 2.75) is 40.8 Å². The van der Waals surface area contributed by atoms with Gasteiger partial charge in [-0.1, -0.05) is 52.0 Å². The summed E-state index contributed by atoms with van der Waals surface area (Å²) in [5.41, 5.74) is 2.04. The Morgan fingerprint density at radius 1 is 0.967 bits per heavy atom. The fourth-order valence-electron chi connectivity index (χ4n) is 3.31. The molecule has 0 aliphatic rings. The fraction of sp³-hybridized carbons (Fsp3) is 0.320. The van der Waals surface area contributed by atoms with Gasteiger partial charge >= 0.3 is 0 Å². The van der Waals surface area contributed by atoms with Crippen LogP contribution in [0.25, 0.3) is 23.2 Å². The van der Waals surface area contributed by atoms with E-state index >= 15 is 0 Å². The van der Waals surface area contributed by atoms with Gasteiger partial charge in [-0.25, -0.2) is 9.97 Å². The van der Waals surface area contributed by atoms with Crippen molar-refractivity contribution in [1.29, 1.82) is 0 Å². The van der Waals surface area contributed by atoms with Crippen LogP contribution in [0.15, 0.2) is 61.0 Å². The maximum atomic E-state index is 12.3. The van der Waals surface area contributed by atoms with Gasteiger partial charge in [0.05, 0.1) is 11.0 Å². The minimum absolute atomic E-state index is 0.0756. The second kappa shape index (κ2) is 10.0. The molecule has 0 saturated heterocycles. The summed E-state index contributed by atoms with van der Waals surface area (Å²) in [5.74, 6) is 2.65. The highest BCUT2D eigenvalue weighted by atomic mass is 16.1. The van der Waals surface area contributed by atoms with Crippen molar-refractivity contribution in [2.24, 2.45) is 11.8 Å². The third-order valence-electron chi connectivity index (χ3n) is 4.55. The van der Waals surface area contributed by atoms with Crippen LogP contribution >= 0.6 is 0 Å². The van der Waals surface area contributed by atoms with Crippen LogP contribution in [0, 0.1) is 11.8 Å². The van der Waals surface area contributed by atoms with Crippen LogP contribution in [-0.4, -0.2) is 24.9 Å². The molecule has 0 aliphatic carbocycles. The molecule has 0 spiro atoms. The minimum Gasteiger partial charge on any atom is -0.331 e. The van der Waals surface area contributed by atoms with Crippen molar-refractivity contribution in [2.75, 3.05) is 0 Å². The normalized spacial score (nSPS) is 12.6. The van der Waals surface area contributed by atoms with E-state index in [9.17, 15) is 4.79 Å². The number of rotatable bonds is 9. The first-order chi connectivity index (χ1) is 14.4. The molecule has 3 aromatic rings. The number of nitrogens with zero attached hydrogens (tertiary/aromatic N) is 4. The number of hydrogen-bond donors (Lipinski definition) is 0. The van der Waals surface area contributed by atoms with Gasteiger partial charge in [-0.2, -0.15) is 0 Å². The lowest BCUT2D eigenvalue weighted by Gasteiger charge is -2.09. The van der Waals surface area contributed by atoms with Crippen molar-refractivity contribution in [3.8, 4) is 0 Å². The van der Waals surface area contributed by atoms with Gasteiger partial charge in [0, 0.05) is 25.5 Å². The topological polar surface area (TPSA) is 52.7 Å². The smallest absolute Gasteiger partial charge is 0.178 e. The number of ketones is 1. The molecule has 0 aliphatic heterocycles. The zero-order valence-electron chi connectivity index (χ0n) is 18.2.